The number of hydrogen-bond acceptors (Lipinski definition) is 3. The molecule has 0 aromatic rings. The highest BCUT2D eigenvalue weighted by molar-refractivity contribution is 5.82. The van der Waals surface area contributed by atoms with Gasteiger partial charge in [-0.25, -0.2) is 0 Å². The molecule has 15 heavy (non-hydrogen) atoms. The van der Waals surface area contributed by atoms with Crippen molar-refractivity contribution in [1.82, 2.24) is 0 Å². The lowest BCUT2D eigenvalue weighted by molar-refractivity contribution is -0.163. The highest BCUT2D eigenvalue weighted by Gasteiger charge is 2.34. The monoisotopic (exact) mass is 214 g/mol. The molecule has 2 atom stereocenters. The van der Waals surface area contributed by atoms with Gasteiger partial charge >= 0.3 is 0 Å². The third-order valence-corrected chi connectivity index (χ3v) is 3.29. The minimum atomic E-state index is -0.350. The number of carbonyl (C=O) groups is 1. The maximum atomic E-state index is 11.7. The topological polar surface area (TPSA) is 35.5 Å². The van der Waals surface area contributed by atoms with Gasteiger partial charge in [0.05, 0.1) is 5.92 Å². The summed E-state index contributed by atoms with van der Waals surface area (Å²) in [4.78, 5) is 11.7. The van der Waals surface area contributed by atoms with Crippen molar-refractivity contribution in [2.75, 3.05) is 14.2 Å². The summed E-state index contributed by atoms with van der Waals surface area (Å²) in [6, 6.07) is 0. The molecule has 1 fully saturated rings. The third-order valence-electron chi connectivity index (χ3n) is 3.29. The van der Waals surface area contributed by atoms with Crippen molar-refractivity contribution in [3.05, 3.63) is 0 Å². The first-order chi connectivity index (χ1) is 7.22. The van der Waals surface area contributed by atoms with Crippen LogP contribution >= 0.6 is 0 Å². The van der Waals surface area contributed by atoms with Crippen LogP contribution in [-0.4, -0.2) is 26.3 Å². The van der Waals surface area contributed by atoms with Crippen LogP contribution in [0.3, 0.4) is 0 Å². The largest absolute Gasteiger partial charge is 0.355 e. The molecule has 2 unspecified atom stereocenters. The summed E-state index contributed by atoms with van der Waals surface area (Å²) in [5.41, 5.74) is 0. The number of carbonyl (C=O) groups excluding carboxylic acids is 1. The van der Waals surface area contributed by atoms with Crippen molar-refractivity contribution >= 4 is 5.78 Å². The Morgan fingerprint density at radius 3 is 2.60 bits per heavy atom. The molecule has 0 aromatic carbocycles. The Bertz CT molecular complexity index is 199. The molecule has 3 heteroatoms. The fourth-order valence-corrected chi connectivity index (χ4v) is 2.50. The minimum absolute atomic E-state index is 0.0506. The van der Waals surface area contributed by atoms with Gasteiger partial charge in [-0.05, 0) is 18.8 Å². The van der Waals surface area contributed by atoms with Crippen LogP contribution in [-0.2, 0) is 14.3 Å². The first-order valence-electron chi connectivity index (χ1n) is 5.81. The van der Waals surface area contributed by atoms with Crippen molar-refractivity contribution in [1.29, 1.82) is 0 Å². The molecule has 1 rings (SSSR count). The van der Waals surface area contributed by atoms with Crippen LogP contribution in [0.25, 0.3) is 0 Å². The van der Waals surface area contributed by atoms with Crippen LogP contribution in [0.4, 0.5) is 0 Å². The van der Waals surface area contributed by atoms with Crippen molar-refractivity contribution < 1.29 is 14.3 Å². The second-order valence-electron chi connectivity index (χ2n) is 4.34. The van der Waals surface area contributed by atoms with E-state index in [1.54, 1.807) is 14.2 Å². The van der Waals surface area contributed by atoms with Crippen molar-refractivity contribution in [2.24, 2.45) is 11.8 Å². The van der Waals surface area contributed by atoms with E-state index in [1.807, 2.05) is 0 Å². The molecule has 0 radical (unpaired) electrons. The van der Waals surface area contributed by atoms with Crippen LogP contribution in [0.2, 0.25) is 0 Å². The van der Waals surface area contributed by atoms with Gasteiger partial charge in [-0.3, -0.25) is 4.79 Å². The average molecular weight is 214 g/mol. The van der Waals surface area contributed by atoms with E-state index >= 15 is 0 Å². The smallest absolute Gasteiger partial charge is 0.166 e. The Morgan fingerprint density at radius 1 is 1.40 bits per heavy atom. The summed E-state index contributed by atoms with van der Waals surface area (Å²) in [5.74, 6) is 0.923. The zero-order valence-corrected chi connectivity index (χ0v) is 9.99. The predicted octanol–water partition coefficient (Wildman–Crippen LogP) is 2.39. The standard InChI is InChI=1S/C12H22O3/c1-4-5-9-6-7-11(13)10(8-9)12(14-2)15-3/h9-10,12H,4-8H2,1-3H3. The number of rotatable bonds is 5. The molecule has 1 aliphatic rings. The Kier molecular flexibility index (Phi) is 5.26. The molecule has 1 saturated carbocycles. The molecule has 88 valence electrons. The Hall–Kier alpha value is -0.410. The molecular formula is C12H22O3. The lowest BCUT2D eigenvalue weighted by atomic mass is 9.78. The van der Waals surface area contributed by atoms with Crippen LogP contribution in [0.5, 0.6) is 0 Å². The van der Waals surface area contributed by atoms with Gasteiger partial charge in [-0.1, -0.05) is 19.8 Å². The normalized spacial score (nSPS) is 27.3. The second kappa shape index (κ2) is 6.23. The molecule has 0 saturated heterocycles. The maximum Gasteiger partial charge on any atom is 0.166 e. The molecule has 0 aromatic heterocycles. The lowest BCUT2D eigenvalue weighted by Crippen LogP contribution is -2.36. The molecule has 0 heterocycles. The first-order valence-corrected chi connectivity index (χ1v) is 5.81. The summed E-state index contributed by atoms with van der Waals surface area (Å²) >= 11 is 0. The van der Waals surface area contributed by atoms with E-state index in [1.165, 1.54) is 12.8 Å². The molecule has 3 nitrogen and oxygen atoms in total. The predicted molar refractivity (Wildman–Crippen MR) is 58.6 cm³/mol. The average Bonchev–Trinajstić information content (AvgIpc) is 2.24. The van der Waals surface area contributed by atoms with Crippen molar-refractivity contribution in [3.63, 3.8) is 0 Å². The van der Waals surface area contributed by atoms with Gasteiger partial charge in [-0.15, -0.1) is 0 Å². The summed E-state index contributed by atoms with van der Waals surface area (Å²) in [6.07, 6.45) is 4.72. The van der Waals surface area contributed by atoms with Crippen LogP contribution < -0.4 is 0 Å². The molecule has 0 bridgehead atoms. The van der Waals surface area contributed by atoms with Crippen molar-refractivity contribution in [2.45, 2.75) is 45.3 Å². The highest BCUT2D eigenvalue weighted by atomic mass is 16.7. The van der Waals surface area contributed by atoms with E-state index in [9.17, 15) is 4.79 Å². The van der Waals surface area contributed by atoms with Gasteiger partial charge in [-0.2, -0.15) is 0 Å². The van der Waals surface area contributed by atoms with Gasteiger partial charge < -0.3 is 9.47 Å². The Morgan fingerprint density at radius 2 is 2.07 bits per heavy atom. The number of methoxy groups -OCH3 is 2. The third kappa shape index (κ3) is 3.28. The number of ether oxygens (including phenoxy) is 2. The van der Waals surface area contributed by atoms with Crippen LogP contribution in [0.15, 0.2) is 0 Å². The highest BCUT2D eigenvalue weighted by Crippen LogP contribution is 2.32. The first kappa shape index (κ1) is 12.7. The van der Waals surface area contributed by atoms with E-state index in [4.69, 9.17) is 9.47 Å². The van der Waals surface area contributed by atoms with Gasteiger partial charge in [0, 0.05) is 20.6 Å². The summed E-state index contributed by atoms with van der Waals surface area (Å²) < 4.78 is 10.4. The van der Waals surface area contributed by atoms with Gasteiger partial charge in [0.25, 0.3) is 0 Å². The molecule has 1 aliphatic carbocycles. The van der Waals surface area contributed by atoms with E-state index in [-0.39, 0.29) is 12.2 Å². The van der Waals surface area contributed by atoms with Crippen molar-refractivity contribution in [3.8, 4) is 0 Å². The quantitative estimate of drug-likeness (QED) is 0.659. The lowest BCUT2D eigenvalue weighted by Gasteiger charge is -2.31. The Labute approximate surface area is 92.1 Å². The molecule has 0 aliphatic heterocycles. The van der Waals surface area contributed by atoms with E-state index < -0.39 is 0 Å². The SMILES string of the molecule is CCCC1CCC(=O)C(C(OC)OC)C1. The maximum absolute atomic E-state index is 11.7. The Balaban J connectivity index is 2.56. The summed E-state index contributed by atoms with van der Waals surface area (Å²) in [6.45, 7) is 2.19. The second-order valence-corrected chi connectivity index (χ2v) is 4.34. The molecule has 0 spiro atoms. The number of Topliss-reactive ketones (excluding diaryl/α,β-unsaturated/α-hetero) is 1. The van der Waals surface area contributed by atoms with Gasteiger partial charge in [0.15, 0.2) is 6.29 Å². The number of hydrogen-bond donors (Lipinski definition) is 0. The van der Waals surface area contributed by atoms with Gasteiger partial charge in [0.2, 0.25) is 0 Å². The summed E-state index contributed by atoms with van der Waals surface area (Å²) in [5, 5.41) is 0. The number of ketones is 1. The molecule has 0 N–H and O–H groups in total. The molecule has 0 amide bonds. The van der Waals surface area contributed by atoms with E-state index in [0.717, 1.165) is 12.8 Å². The van der Waals surface area contributed by atoms with Crippen LogP contribution in [0.1, 0.15) is 39.0 Å². The van der Waals surface area contributed by atoms with Crippen LogP contribution in [0, 0.1) is 11.8 Å². The van der Waals surface area contributed by atoms with E-state index in [0.29, 0.717) is 18.1 Å². The fraction of sp³-hybridized carbons (Fsp3) is 0.917. The minimum Gasteiger partial charge on any atom is -0.355 e. The van der Waals surface area contributed by atoms with E-state index in [2.05, 4.69) is 6.92 Å². The van der Waals surface area contributed by atoms with Gasteiger partial charge in [0.1, 0.15) is 5.78 Å². The molecular weight excluding hydrogens is 192 g/mol. The summed E-state index contributed by atoms with van der Waals surface area (Å²) in [7, 11) is 3.20. The zero-order chi connectivity index (χ0) is 11.3. The zero-order valence-electron chi connectivity index (χ0n) is 9.99. The fourth-order valence-electron chi connectivity index (χ4n) is 2.50.